The molecule has 0 bridgehead atoms. The Morgan fingerprint density at radius 1 is 1.13 bits per heavy atom. The Kier molecular flexibility index (Phi) is 5.30. The minimum Gasteiger partial charge on any atom is -0.320 e. The number of anilines is 1. The molecule has 122 valence electrons. The number of rotatable bonds is 4. The second-order valence-corrected chi connectivity index (χ2v) is 6.46. The molecular weight excluding hydrogens is 320 g/mol. The summed E-state index contributed by atoms with van der Waals surface area (Å²) < 4.78 is 27.1. The van der Waals surface area contributed by atoms with Gasteiger partial charge in [0.05, 0.1) is 5.25 Å². The van der Waals surface area contributed by atoms with Gasteiger partial charge in [-0.1, -0.05) is 17.8 Å². The highest BCUT2D eigenvalue weighted by atomic mass is 32.2. The van der Waals surface area contributed by atoms with Gasteiger partial charge in [-0.25, -0.2) is 18.7 Å². The van der Waals surface area contributed by atoms with Crippen molar-refractivity contribution in [1.82, 2.24) is 9.97 Å². The van der Waals surface area contributed by atoms with Crippen molar-refractivity contribution in [3.05, 3.63) is 46.8 Å². The number of hydrogen-bond acceptors (Lipinski definition) is 4. The van der Waals surface area contributed by atoms with Crippen LogP contribution in [0.4, 0.5) is 14.5 Å². The molecule has 1 aromatic carbocycles. The summed E-state index contributed by atoms with van der Waals surface area (Å²) in [7, 11) is 0. The van der Waals surface area contributed by atoms with Crippen molar-refractivity contribution in [2.24, 2.45) is 0 Å². The first kappa shape index (κ1) is 17.3. The number of benzene rings is 1. The Bertz CT molecular complexity index is 709. The normalized spacial score (nSPS) is 12.1. The number of thioether (sulfide) groups is 1. The van der Waals surface area contributed by atoms with Crippen LogP contribution in [-0.2, 0) is 4.79 Å². The number of hydrogen-bond donors (Lipinski definition) is 1. The predicted molar refractivity (Wildman–Crippen MR) is 86.5 cm³/mol. The zero-order valence-corrected chi connectivity index (χ0v) is 14.1. The molecule has 0 fully saturated rings. The van der Waals surface area contributed by atoms with Gasteiger partial charge in [0.1, 0.15) is 17.3 Å². The third-order valence-electron chi connectivity index (χ3n) is 3.47. The molecule has 7 heteroatoms. The first-order valence-corrected chi connectivity index (χ1v) is 7.91. The largest absolute Gasteiger partial charge is 0.320 e. The molecule has 0 saturated heterocycles. The van der Waals surface area contributed by atoms with Gasteiger partial charge >= 0.3 is 0 Å². The second-order valence-electron chi connectivity index (χ2n) is 5.15. The smallest absolute Gasteiger partial charge is 0.237 e. The lowest BCUT2D eigenvalue weighted by Gasteiger charge is -2.13. The fraction of sp³-hybridized carbons (Fsp3) is 0.312. The van der Waals surface area contributed by atoms with Gasteiger partial charge in [-0.2, -0.15) is 0 Å². The van der Waals surface area contributed by atoms with Gasteiger partial charge in [-0.05, 0) is 45.4 Å². The molecule has 0 radical (unpaired) electrons. The van der Waals surface area contributed by atoms with Gasteiger partial charge in [-0.15, -0.1) is 0 Å². The van der Waals surface area contributed by atoms with Gasteiger partial charge < -0.3 is 5.32 Å². The minimum atomic E-state index is -0.811. The van der Waals surface area contributed by atoms with Crippen molar-refractivity contribution in [2.45, 2.75) is 38.1 Å². The topological polar surface area (TPSA) is 54.9 Å². The SMILES string of the molecule is Cc1nc(S[C@@H](C)C(=O)Nc2c(F)cccc2F)nc(C)c1C. The van der Waals surface area contributed by atoms with Crippen molar-refractivity contribution in [3.8, 4) is 0 Å². The lowest BCUT2D eigenvalue weighted by atomic mass is 10.2. The molecule has 0 aliphatic rings. The number of carbonyl (C=O) groups excluding carboxylic acids is 1. The predicted octanol–water partition coefficient (Wildman–Crippen LogP) is 3.80. The van der Waals surface area contributed by atoms with E-state index in [1.807, 2.05) is 20.8 Å². The van der Waals surface area contributed by atoms with Gasteiger partial charge in [0, 0.05) is 11.4 Å². The Morgan fingerprint density at radius 2 is 1.65 bits per heavy atom. The molecule has 0 aliphatic carbocycles. The summed E-state index contributed by atoms with van der Waals surface area (Å²) >= 11 is 1.14. The highest BCUT2D eigenvalue weighted by Crippen LogP contribution is 2.24. The quantitative estimate of drug-likeness (QED) is 0.681. The number of para-hydroxylation sites is 1. The van der Waals surface area contributed by atoms with E-state index in [1.54, 1.807) is 6.92 Å². The molecular formula is C16H17F2N3OS. The van der Waals surface area contributed by atoms with Crippen molar-refractivity contribution in [1.29, 1.82) is 0 Å². The van der Waals surface area contributed by atoms with Gasteiger partial charge in [-0.3, -0.25) is 4.79 Å². The molecule has 0 aliphatic heterocycles. The number of nitrogens with zero attached hydrogens (tertiary/aromatic N) is 2. The van der Waals surface area contributed by atoms with Crippen LogP contribution >= 0.6 is 11.8 Å². The molecule has 0 saturated carbocycles. The molecule has 1 heterocycles. The maximum absolute atomic E-state index is 13.6. The van der Waals surface area contributed by atoms with Crippen LogP contribution < -0.4 is 5.32 Å². The Labute approximate surface area is 137 Å². The number of carbonyl (C=O) groups is 1. The molecule has 1 atom stereocenters. The lowest BCUT2D eigenvalue weighted by molar-refractivity contribution is -0.115. The van der Waals surface area contributed by atoms with Crippen LogP contribution in [0.15, 0.2) is 23.4 Å². The van der Waals surface area contributed by atoms with E-state index in [2.05, 4.69) is 15.3 Å². The molecule has 1 N–H and O–H groups in total. The zero-order valence-electron chi connectivity index (χ0n) is 13.3. The second kappa shape index (κ2) is 7.04. The lowest BCUT2D eigenvalue weighted by Crippen LogP contribution is -2.24. The zero-order chi connectivity index (χ0) is 17.1. The maximum atomic E-state index is 13.6. The standard InChI is InChI=1S/C16H17F2N3OS/c1-8-9(2)19-16(20-10(8)3)23-11(4)15(22)21-14-12(17)6-5-7-13(14)18/h5-7,11H,1-4H3,(H,21,22)/t11-/m0/s1. The van der Waals surface area contributed by atoms with E-state index < -0.39 is 28.5 Å². The molecule has 1 amide bonds. The van der Waals surface area contributed by atoms with Crippen LogP contribution in [-0.4, -0.2) is 21.1 Å². The summed E-state index contributed by atoms with van der Waals surface area (Å²) in [6.07, 6.45) is 0. The number of nitrogens with one attached hydrogen (secondary N) is 1. The van der Waals surface area contributed by atoms with E-state index >= 15 is 0 Å². The van der Waals surface area contributed by atoms with Crippen molar-refractivity contribution >= 4 is 23.4 Å². The summed E-state index contributed by atoms with van der Waals surface area (Å²) in [4.78, 5) is 20.8. The van der Waals surface area contributed by atoms with E-state index in [-0.39, 0.29) is 0 Å². The van der Waals surface area contributed by atoms with Crippen LogP contribution in [0.5, 0.6) is 0 Å². The average Bonchev–Trinajstić information content (AvgIpc) is 2.48. The van der Waals surface area contributed by atoms with Gasteiger partial charge in [0.25, 0.3) is 0 Å². The minimum absolute atomic E-state index is 0.442. The molecule has 0 unspecified atom stereocenters. The van der Waals surface area contributed by atoms with E-state index in [0.717, 1.165) is 40.8 Å². The summed E-state index contributed by atoms with van der Waals surface area (Å²) in [5.41, 5.74) is 2.24. The number of halogens is 2. The number of amides is 1. The third-order valence-corrected chi connectivity index (χ3v) is 4.44. The molecule has 0 spiro atoms. The van der Waals surface area contributed by atoms with Crippen molar-refractivity contribution < 1.29 is 13.6 Å². The van der Waals surface area contributed by atoms with Crippen molar-refractivity contribution in [3.63, 3.8) is 0 Å². The fourth-order valence-electron chi connectivity index (χ4n) is 1.85. The van der Waals surface area contributed by atoms with Crippen LogP contribution in [0.25, 0.3) is 0 Å². The third kappa shape index (κ3) is 4.04. The first-order valence-electron chi connectivity index (χ1n) is 7.03. The summed E-state index contributed by atoms with van der Waals surface area (Å²) in [5.74, 6) is -2.14. The van der Waals surface area contributed by atoms with Crippen molar-refractivity contribution in [2.75, 3.05) is 5.32 Å². The Morgan fingerprint density at radius 3 is 2.17 bits per heavy atom. The van der Waals surface area contributed by atoms with E-state index in [1.165, 1.54) is 6.07 Å². The van der Waals surface area contributed by atoms with E-state index in [9.17, 15) is 13.6 Å². The molecule has 2 aromatic rings. The fourth-order valence-corrected chi connectivity index (χ4v) is 2.71. The monoisotopic (exact) mass is 337 g/mol. The Balaban J connectivity index is 2.12. The van der Waals surface area contributed by atoms with Gasteiger partial charge in [0.15, 0.2) is 5.16 Å². The Hall–Kier alpha value is -2.02. The summed E-state index contributed by atoms with van der Waals surface area (Å²) in [6, 6.07) is 3.42. The highest BCUT2D eigenvalue weighted by Gasteiger charge is 2.20. The van der Waals surface area contributed by atoms with Crippen LogP contribution in [0.2, 0.25) is 0 Å². The van der Waals surface area contributed by atoms with Crippen LogP contribution in [0.3, 0.4) is 0 Å². The number of aryl methyl sites for hydroxylation is 2. The molecule has 4 nitrogen and oxygen atoms in total. The molecule has 2 rings (SSSR count). The maximum Gasteiger partial charge on any atom is 0.237 e. The van der Waals surface area contributed by atoms with E-state index in [4.69, 9.17) is 0 Å². The molecule has 1 aromatic heterocycles. The first-order chi connectivity index (χ1) is 10.8. The highest BCUT2D eigenvalue weighted by molar-refractivity contribution is 8.00. The molecule has 23 heavy (non-hydrogen) atoms. The van der Waals surface area contributed by atoms with Crippen LogP contribution in [0, 0.1) is 32.4 Å². The van der Waals surface area contributed by atoms with E-state index in [0.29, 0.717) is 5.16 Å². The van der Waals surface area contributed by atoms with Gasteiger partial charge in [0.2, 0.25) is 5.91 Å². The summed E-state index contributed by atoms with van der Waals surface area (Å²) in [6.45, 7) is 7.30. The summed E-state index contributed by atoms with van der Waals surface area (Å²) in [5, 5.41) is 2.13. The average molecular weight is 337 g/mol. The van der Waals surface area contributed by atoms with Crippen LogP contribution in [0.1, 0.15) is 23.9 Å². The number of aromatic nitrogens is 2.